The second-order valence-electron chi connectivity index (χ2n) is 6.69. The van der Waals surface area contributed by atoms with E-state index in [2.05, 4.69) is 29.7 Å². The van der Waals surface area contributed by atoms with Gasteiger partial charge in [-0.05, 0) is 44.9 Å². The average Bonchev–Trinajstić information content (AvgIpc) is 2.83. The molecule has 4 nitrogen and oxygen atoms in total. The molecule has 0 bridgehead atoms. The van der Waals surface area contributed by atoms with Gasteiger partial charge in [0, 0.05) is 31.0 Å². The minimum Gasteiger partial charge on any atom is -0.493 e. The topological polar surface area (TPSA) is 50.4 Å². The molecule has 1 aliphatic rings. The maximum Gasteiger partial charge on any atom is 0.221 e. The van der Waals surface area contributed by atoms with Crippen molar-refractivity contribution in [3.05, 3.63) is 29.3 Å². The summed E-state index contributed by atoms with van der Waals surface area (Å²) in [4.78, 5) is 11.8. The van der Waals surface area contributed by atoms with Gasteiger partial charge in [-0.1, -0.05) is 12.1 Å². The van der Waals surface area contributed by atoms with Gasteiger partial charge in [-0.3, -0.25) is 4.79 Å². The fourth-order valence-electron chi connectivity index (χ4n) is 2.48. The summed E-state index contributed by atoms with van der Waals surface area (Å²) in [6.45, 7) is 9.57. The predicted molar refractivity (Wildman–Crippen MR) is 84.6 cm³/mol. The predicted octanol–water partition coefficient (Wildman–Crippen LogP) is 2.58. The first-order valence-electron chi connectivity index (χ1n) is 7.65. The van der Waals surface area contributed by atoms with Crippen molar-refractivity contribution in [2.45, 2.75) is 52.1 Å². The molecule has 0 aromatic heterocycles. The fourth-order valence-corrected chi connectivity index (χ4v) is 2.48. The summed E-state index contributed by atoms with van der Waals surface area (Å²) in [5.41, 5.74) is 2.37. The monoisotopic (exact) mass is 290 g/mol. The molecule has 1 aromatic rings. The molecule has 2 rings (SSSR count). The molecule has 0 fully saturated rings. The molecule has 2 N–H and O–H groups in total. The average molecular weight is 290 g/mol. The Morgan fingerprint density at radius 3 is 2.86 bits per heavy atom. The first-order chi connectivity index (χ1) is 9.85. The van der Waals surface area contributed by atoms with Crippen LogP contribution < -0.4 is 15.4 Å². The maximum atomic E-state index is 11.8. The van der Waals surface area contributed by atoms with Crippen molar-refractivity contribution in [2.24, 2.45) is 0 Å². The molecule has 1 aromatic carbocycles. The molecule has 1 aliphatic heterocycles. The first kappa shape index (κ1) is 15.8. The molecular formula is C17H26N2O2. The van der Waals surface area contributed by atoms with Crippen molar-refractivity contribution in [3.8, 4) is 5.75 Å². The maximum absolute atomic E-state index is 11.8. The number of carbonyl (C=O) groups excluding carboxylic acids is 1. The van der Waals surface area contributed by atoms with E-state index < -0.39 is 0 Å². The van der Waals surface area contributed by atoms with E-state index in [9.17, 15) is 4.79 Å². The van der Waals surface area contributed by atoms with Gasteiger partial charge in [0.15, 0.2) is 0 Å². The second kappa shape index (κ2) is 6.48. The SMILES string of the molecule is CC(NCCC(=O)NC(C)(C)C)c1ccc2c(c1)CCO2. The van der Waals surface area contributed by atoms with Gasteiger partial charge in [0.2, 0.25) is 5.91 Å². The highest BCUT2D eigenvalue weighted by Gasteiger charge is 2.16. The summed E-state index contributed by atoms with van der Waals surface area (Å²) in [7, 11) is 0. The van der Waals surface area contributed by atoms with Gasteiger partial charge < -0.3 is 15.4 Å². The van der Waals surface area contributed by atoms with Crippen LogP contribution in [0.15, 0.2) is 18.2 Å². The molecule has 0 aliphatic carbocycles. The van der Waals surface area contributed by atoms with Gasteiger partial charge in [-0.15, -0.1) is 0 Å². The van der Waals surface area contributed by atoms with Crippen LogP contribution >= 0.6 is 0 Å². The second-order valence-corrected chi connectivity index (χ2v) is 6.69. The lowest BCUT2D eigenvalue weighted by molar-refractivity contribution is -0.122. The molecule has 116 valence electrons. The van der Waals surface area contributed by atoms with Gasteiger partial charge in [0.05, 0.1) is 6.61 Å². The van der Waals surface area contributed by atoms with Crippen LogP contribution in [0.1, 0.15) is 51.3 Å². The molecular weight excluding hydrogens is 264 g/mol. The third-order valence-electron chi connectivity index (χ3n) is 3.53. The summed E-state index contributed by atoms with van der Waals surface area (Å²) in [6.07, 6.45) is 1.49. The first-order valence-corrected chi connectivity index (χ1v) is 7.65. The zero-order valence-electron chi connectivity index (χ0n) is 13.5. The number of hydrogen-bond donors (Lipinski definition) is 2. The number of rotatable bonds is 5. The van der Waals surface area contributed by atoms with Gasteiger partial charge in [0.1, 0.15) is 5.75 Å². The Kier molecular flexibility index (Phi) is 4.88. The zero-order valence-corrected chi connectivity index (χ0v) is 13.5. The third kappa shape index (κ3) is 4.74. The van der Waals surface area contributed by atoms with Crippen molar-refractivity contribution >= 4 is 5.91 Å². The summed E-state index contributed by atoms with van der Waals surface area (Å²) in [6, 6.07) is 6.58. The lowest BCUT2D eigenvalue weighted by Gasteiger charge is -2.21. The minimum atomic E-state index is -0.164. The largest absolute Gasteiger partial charge is 0.493 e. The summed E-state index contributed by atoms with van der Waals surface area (Å²) < 4.78 is 5.52. The number of nitrogens with one attached hydrogen (secondary N) is 2. The normalized spacial score (nSPS) is 15.2. The number of ether oxygens (including phenoxy) is 1. The smallest absolute Gasteiger partial charge is 0.221 e. The van der Waals surface area contributed by atoms with E-state index in [1.165, 1.54) is 11.1 Å². The van der Waals surface area contributed by atoms with Crippen LogP contribution in [0.4, 0.5) is 0 Å². The van der Waals surface area contributed by atoms with Crippen LogP contribution in [0.2, 0.25) is 0 Å². The summed E-state index contributed by atoms with van der Waals surface area (Å²) in [5, 5.41) is 6.38. The Balaban J connectivity index is 1.80. The molecule has 1 atom stereocenters. The Bertz CT molecular complexity index is 506. The standard InChI is InChI=1S/C17H26N2O2/c1-12(18-9-7-16(20)19-17(2,3)4)13-5-6-15-14(11-13)8-10-21-15/h5-6,11-12,18H,7-10H2,1-4H3,(H,19,20). The van der Waals surface area contributed by atoms with Crippen LogP contribution in [0.5, 0.6) is 5.75 Å². The number of amides is 1. The van der Waals surface area contributed by atoms with Crippen LogP contribution in [-0.4, -0.2) is 24.6 Å². The highest BCUT2D eigenvalue weighted by atomic mass is 16.5. The van der Waals surface area contributed by atoms with Gasteiger partial charge >= 0.3 is 0 Å². The van der Waals surface area contributed by atoms with E-state index in [0.29, 0.717) is 13.0 Å². The van der Waals surface area contributed by atoms with E-state index in [1.54, 1.807) is 0 Å². The minimum absolute atomic E-state index is 0.0875. The van der Waals surface area contributed by atoms with Crippen molar-refractivity contribution < 1.29 is 9.53 Å². The van der Waals surface area contributed by atoms with E-state index in [1.807, 2.05) is 26.8 Å². The highest BCUT2D eigenvalue weighted by molar-refractivity contribution is 5.76. The quantitative estimate of drug-likeness (QED) is 0.876. The van der Waals surface area contributed by atoms with E-state index >= 15 is 0 Å². The number of hydrogen-bond acceptors (Lipinski definition) is 3. The van der Waals surface area contributed by atoms with Gasteiger partial charge in [0.25, 0.3) is 0 Å². The Hall–Kier alpha value is -1.55. The molecule has 0 radical (unpaired) electrons. The summed E-state index contributed by atoms with van der Waals surface area (Å²) in [5.74, 6) is 1.10. The lowest BCUT2D eigenvalue weighted by Crippen LogP contribution is -2.41. The molecule has 0 saturated carbocycles. The molecule has 1 heterocycles. The molecule has 21 heavy (non-hydrogen) atoms. The van der Waals surface area contributed by atoms with Gasteiger partial charge in [-0.25, -0.2) is 0 Å². The van der Waals surface area contributed by atoms with Gasteiger partial charge in [-0.2, -0.15) is 0 Å². The Labute approximate surface area is 127 Å². The molecule has 1 unspecified atom stereocenters. The number of benzene rings is 1. The van der Waals surface area contributed by atoms with Crippen LogP contribution in [0.25, 0.3) is 0 Å². The molecule has 0 saturated heterocycles. The van der Waals surface area contributed by atoms with Crippen molar-refractivity contribution in [1.29, 1.82) is 0 Å². The summed E-state index contributed by atoms with van der Waals surface area (Å²) >= 11 is 0. The highest BCUT2D eigenvalue weighted by Crippen LogP contribution is 2.27. The van der Waals surface area contributed by atoms with Crippen molar-refractivity contribution in [3.63, 3.8) is 0 Å². The Morgan fingerprint density at radius 2 is 2.14 bits per heavy atom. The van der Waals surface area contributed by atoms with E-state index in [0.717, 1.165) is 18.8 Å². The van der Waals surface area contributed by atoms with Crippen LogP contribution in [0.3, 0.4) is 0 Å². The molecule has 4 heteroatoms. The van der Waals surface area contributed by atoms with Crippen molar-refractivity contribution in [1.82, 2.24) is 10.6 Å². The lowest BCUT2D eigenvalue weighted by atomic mass is 10.0. The van der Waals surface area contributed by atoms with Crippen molar-refractivity contribution in [2.75, 3.05) is 13.2 Å². The zero-order chi connectivity index (χ0) is 15.5. The number of fused-ring (bicyclic) bond motifs is 1. The fraction of sp³-hybridized carbons (Fsp3) is 0.588. The van der Waals surface area contributed by atoms with E-state index in [-0.39, 0.29) is 17.5 Å². The molecule has 0 spiro atoms. The number of carbonyl (C=O) groups is 1. The van der Waals surface area contributed by atoms with E-state index in [4.69, 9.17) is 4.74 Å². The molecule has 1 amide bonds. The third-order valence-corrected chi connectivity index (χ3v) is 3.53. The van der Waals surface area contributed by atoms with Crippen LogP contribution in [-0.2, 0) is 11.2 Å². The Morgan fingerprint density at radius 1 is 1.38 bits per heavy atom. The van der Waals surface area contributed by atoms with Crippen LogP contribution in [0, 0.1) is 0 Å².